The van der Waals surface area contributed by atoms with E-state index in [1.807, 2.05) is 0 Å². The first-order valence-corrected chi connectivity index (χ1v) is 8.16. The van der Waals surface area contributed by atoms with Gasteiger partial charge in [0, 0.05) is 31.9 Å². The second-order valence-corrected chi connectivity index (χ2v) is 6.32. The van der Waals surface area contributed by atoms with Crippen molar-refractivity contribution in [3.05, 3.63) is 33.9 Å². The Labute approximate surface area is 137 Å². The average molecular weight is 331 g/mol. The minimum Gasteiger partial charge on any atom is -0.477 e. The van der Waals surface area contributed by atoms with Gasteiger partial charge in [0.2, 0.25) is 5.43 Å². The van der Waals surface area contributed by atoms with Crippen molar-refractivity contribution in [1.82, 2.24) is 4.57 Å². The van der Waals surface area contributed by atoms with Gasteiger partial charge in [0.25, 0.3) is 0 Å². The highest BCUT2D eigenvalue weighted by molar-refractivity contribution is 5.97. The Bertz CT molecular complexity index is 922. The Balaban J connectivity index is 2.08. The summed E-state index contributed by atoms with van der Waals surface area (Å²) in [6.45, 7) is 3.68. The van der Waals surface area contributed by atoms with Crippen molar-refractivity contribution >= 4 is 28.2 Å². The lowest BCUT2D eigenvalue weighted by atomic mass is 10.0. The molecule has 2 aliphatic rings. The van der Waals surface area contributed by atoms with Crippen LogP contribution in [0.3, 0.4) is 0 Å². The molecular formula is C17H18FN3O3. The second kappa shape index (κ2) is 5.22. The highest BCUT2D eigenvalue weighted by Crippen LogP contribution is 2.41. The predicted octanol–water partition coefficient (Wildman–Crippen LogP) is 2.25. The summed E-state index contributed by atoms with van der Waals surface area (Å²) in [5.41, 5.74) is 0.273. The Morgan fingerprint density at radius 1 is 1.50 bits per heavy atom. The van der Waals surface area contributed by atoms with Crippen molar-refractivity contribution in [3.8, 4) is 0 Å². The van der Waals surface area contributed by atoms with E-state index in [9.17, 15) is 14.7 Å². The van der Waals surface area contributed by atoms with Gasteiger partial charge < -0.3 is 19.9 Å². The number of benzene rings is 1. The maximum Gasteiger partial charge on any atom is 0.341 e. The van der Waals surface area contributed by atoms with Gasteiger partial charge in [-0.15, -0.1) is 0 Å². The first-order valence-electron chi connectivity index (χ1n) is 8.16. The van der Waals surface area contributed by atoms with E-state index >= 15 is 4.39 Å². The number of hydrogen-bond acceptors (Lipinski definition) is 4. The monoisotopic (exact) mass is 331 g/mol. The number of nitrogens with zero attached hydrogens (tertiary/aromatic N) is 2. The molecule has 2 aliphatic heterocycles. The molecule has 1 aromatic heterocycles. The fraction of sp³-hybridized carbons (Fsp3) is 0.412. The molecule has 1 aromatic carbocycles. The van der Waals surface area contributed by atoms with Gasteiger partial charge in [-0.2, -0.15) is 0 Å². The van der Waals surface area contributed by atoms with E-state index in [1.54, 1.807) is 13.0 Å². The normalized spacial score (nSPS) is 19.1. The van der Waals surface area contributed by atoms with Gasteiger partial charge in [-0.1, -0.05) is 0 Å². The smallest absolute Gasteiger partial charge is 0.341 e. The van der Waals surface area contributed by atoms with E-state index in [1.165, 1.54) is 10.8 Å². The highest BCUT2D eigenvalue weighted by atomic mass is 19.1. The summed E-state index contributed by atoms with van der Waals surface area (Å²) < 4.78 is 16.9. The van der Waals surface area contributed by atoms with Crippen LogP contribution in [0, 0.1) is 5.82 Å². The van der Waals surface area contributed by atoms with E-state index < -0.39 is 17.2 Å². The lowest BCUT2D eigenvalue weighted by Crippen LogP contribution is -2.40. The van der Waals surface area contributed by atoms with Crippen LogP contribution in [0.1, 0.15) is 30.1 Å². The number of aromatic carboxylic acids is 1. The van der Waals surface area contributed by atoms with Crippen LogP contribution in [0.15, 0.2) is 17.1 Å². The molecule has 1 saturated heterocycles. The minimum atomic E-state index is -1.30. The summed E-state index contributed by atoms with van der Waals surface area (Å²) in [4.78, 5) is 25.9. The SMILES string of the molecule is CCn1cc(C(=O)O)c(=O)c2cc3c(c(F)c21)N1CCCC1CN3. The Hall–Kier alpha value is -2.57. The zero-order valence-electron chi connectivity index (χ0n) is 13.3. The number of aromatic nitrogens is 1. The van der Waals surface area contributed by atoms with Gasteiger partial charge in [-0.05, 0) is 25.8 Å². The largest absolute Gasteiger partial charge is 0.477 e. The molecular weight excluding hydrogens is 313 g/mol. The fourth-order valence-electron chi connectivity index (χ4n) is 3.90. The number of nitrogens with one attached hydrogen (secondary N) is 1. The summed E-state index contributed by atoms with van der Waals surface area (Å²) in [5.74, 6) is -1.74. The summed E-state index contributed by atoms with van der Waals surface area (Å²) in [7, 11) is 0. The predicted molar refractivity (Wildman–Crippen MR) is 89.7 cm³/mol. The summed E-state index contributed by atoms with van der Waals surface area (Å²) >= 11 is 0. The number of hydrogen-bond donors (Lipinski definition) is 2. The quantitative estimate of drug-likeness (QED) is 0.883. The van der Waals surface area contributed by atoms with E-state index in [4.69, 9.17) is 0 Å². The summed E-state index contributed by atoms with van der Waals surface area (Å²) in [5, 5.41) is 12.6. The van der Waals surface area contributed by atoms with E-state index in [-0.39, 0.29) is 22.5 Å². The van der Waals surface area contributed by atoms with Crippen molar-refractivity contribution in [2.45, 2.75) is 32.4 Å². The molecule has 0 aliphatic carbocycles. The zero-order chi connectivity index (χ0) is 17.0. The number of carboxylic acids is 1. The van der Waals surface area contributed by atoms with E-state index in [0.717, 1.165) is 19.4 Å². The molecule has 0 saturated carbocycles. The first-order chi connectivity index (χ1) is 11.5. The third-order valence-electron chi connectivity index (χ3n) is 5.04. The summed E-state index contributed by atoms with van der Waals surface area (Å²) in [6.07, 6.45) is 3.27. The molecule has 126 valence electrons. The molecule has 0 amide bonds. The van der Waals surface area contributed by atoms with Gasteiger partial charge in [-0.3, -0.25) is 4.79 Å². The van der Waals surface area contributed by atoms with Crippen LogP contribution in [0.4, 0.5) is 15.8 Å². The molecule has 4 rings (SSSR count). The van der Waals surface area contributed by atoms with Crippen molar-refractivity contribution in [2.24, 2.45) is 0 Å². The molecule has 2 N–H and O–H groups in total. The maximum absolute atomic E-state index is 15.4. The lowest BCUT2D eigenvalue weighted by molar-refractivity contribution is 0.0695. The molecule has 1 atom stereocenters. The molecule has 2 aromatic rings. The van der Waals surface area contributed by atoms with Crippen LogP contribution in [0.25, 0.3) is 10.9 Å². The number of carboxylic acid groups (broad SMARTS) is 1. The number of halogens is 1. The Morgan fingerprint density at radius 3 is 3.00 bits per heavy atom. The van der Waals surface area contributed by atoms with E-state index in [2.05, 4.69) is 10.2 Å². The number of fused-ring (bicyclic) bond motifs is 4. The van der Waals surface area contributed by atoms with Crippen LogP contribution in [-0.2, 0) is 6.54 Å². The van der Waals surface area contributed by atoms with Gasteiger partial charge in [0.05, 0.1) is 22.3 Å². The molecule has 3 heterocycles. The lowest BCUT2D eigenvalue weighted by Gasteiger charge is -2.35. The number of aryl methyl sites for hydroxylation is 1. The standard InChI is InChI=1S/C17H18FN3O3/c1-2-20-8-11(17(23)24)16(22)10-6-12-15(13(18)14(10)20)21-5-3-4-9(21)7-19-12/h6,8-9,19H,2-5,7H2,1H3,(H,23,24). The molecule has 6 nitrogen and oxygen atoms in total. The van der Waals surface area contributed by atoms with Crippen molar-refractivity contribution < 1.29 is 14.3 Å². The number of pyridine rings is 1. The third kappa shape index (κ3) is 1.93. The Kier molecular flexibility index (Phi) is 3.26. The Morgan fingerprint density at radius 2 is 2.29 bits per heavy atom. The number of carbonyl (C=O) groups is 1. The molecule has 1 fully saturated rings. The van der Waals surface area contributed by atoms with Gasteiger partial charge >= 0.3 is 5.97 Å². The van der Waals surface area contributed by atoms with Crippen molar-refractivity contribution in [1.29, 1.82) is 0 Å². The van der Waals surface area contributed by atoms with Gasteiger partial charge in [-0.25, -0.2) is 9.18 Å². The maximum atomic E-state index is 15.4. The molecule has 0 spiro atoms. The number of anilines is 2. The molecule has 7 heteroatoms. The van der Waals surface area contributed by atoms with Crippen LogP contribution in [0.5, 0.6) is 0 Å². The third-order valence-corrected chi connectivity index (χ3v) is 5.04. The molecule has 0 bridgehead atoms. The topological polar surface area (TPSA) is 74.6 Å². The first kappa shape index (κ1) is 15.0. The van der Waals surface area contributed by atoms with Crippen molar-refractivity contribution in [2.75, 3.05) is 23.3 Å². The van der Waals surface area contributed by atoms with Crippen LogP contribution in [-0.4, -0.2) is 34.8 Å². The van der Waals surface area contributed by atoms with Crippen LogP contribution in [0.2, 0.25) is 0 Å². The van der Waals surface area contributed by atoms with Gasteiger partial charge in [0.15, 0.2) is 5.82 Å². The number of rotatable bonds is 2. The summed E-state index contributed by atoms with van der Waals surface area (Å²) in [6, 6.07) is 1.87. The van der Waals surface area contributed by atoms with Crippen LogP contribution >= 0.6 is 0 Å². The molecule has 24 heavy (non-hydrogen) atoms. The highest BCUT2D eigenvalue weighted by Gasteiger charge is 2.34. The minimum absolute atomic E-state index is 0.109. The average Bonchev–Trinajstić information content (AvgIpc) is 3.03. The molecule has 1 unspecified atom stereocenters. The fourth-order valence-corrected chi connectivity index (χ4v) is 3.90. The van der Waals surface area contributed by atoms with Crippen LogP contribution < -0.4 is 15.6 Å². The second-order valence-electron chi connectivity index (χ2n) is 6.32. The molecule has 0 radical (unpaired) electrons. The van der Waals surface area contributed by atoms with Gasteiger partial charge in [0.1, 0.15) is 5.56 Å². The van der Waals surface area contributed by atoms with Crippen molar-refractivity contribution in [3.63, 3.8) is 0 Å². The zero-order valence-corrected chi connectivity index (χ0v) is 13.3. The van der Waals surface area contributed by atoms with E-state index in [0.29, 0.717) is 24.5 Å².